The van der Waals surface area contributed by atoms with E-state index in [1.165, 1.54) is 0 Å². The summed E-state index contributed by atoms with van der Waals surface area (Å²) in [4.78, 5) is 11.6. The van der Waals surface area contributed by atoms with Crippen molar-refractivity contribution in [3.05, 3.63) is 0 Å². The zero-order valence-corrected chi connectivity index (χ0v) is 10.4. The first-order valence-corrected chi connectivity index (χ1v) is 5.69. The summed E-state index contributed by atoms with van der Waals surface area (Å²) in [7, 11) is 0. The van der Waals surface area contributed by atoms with Crippen LogP contribution >= 0.6 is 0 Å². The molecule has 5 nitrogen and oxygen atoms in total. The van der Waals surface area contributed by atoms with Gasteiger partial charge in [0, 0.05) is 12.5 Å². The van der Waals surface area contributed by atoms with Gasteiger partial charge in [0.1, 0.15) is 0 Å². The molecular weight excluding hydrogens is 208 g/mol. The highest BCUT2D eigenvalue weighted by molar-refractivity contribution is 5.77. The van der Waals surface area contributed by atoms with Gasteiger partial charge in [-0.25, -0.2) is 0 Å². The number of rotatable bonds is 7. The molecule has 0 aromatic rings. The molecule has 5 heteroatoms. The lowest BCUT2D eigenvalue weighted by atomic mass is 9.96. The largest absolute Gasteiger partial charge is 0.394 e. The average Bonchev–Trinajstić information content (AvgIpc) is 2.26. The number of nitrogens with one attached hydrogen (secondary N) is 1. The lowest BCUT2D eigenvalue weighted by Gasteiger charge is -2.30. The zero-order valence-electron chi connectivity index (χ0n) is 10.4. The van der Waals surface area contributed by atoms with E-state index in [4.69, 9.17) is 15.9 Å². The molecule has 0 heterocycles. The van der Waals surface area contributed by atoms with Crippen molar-refractivity contribution < 1.29 is 15.0 Å². The summed E-state index contributed by atoms with van der Waals surface area (Å²) in [5, 5.41) is 21.0. The van der Waals surface area contributed by atoms with E-state index < -0.39 is 5.54 Å². The van der Waals surface area contributed by atoms with E-state index in [9.17, 15) is 4.79 Å². The smallest absolute Gasteiger partial charge is 0.222 e. The standard InChI is InChI=1S/C11H24N2O3/c1-4-11(6-14,7-15)13-10(16)5-9(12)8(2)3/h8-9,14-15H,4-7,12H2,1-3H3,(H,13,16). The van der Waals surface area contributed by atoms with Crippen LogP contribution < -0.4 is 11.1 Å². The molecule has 1 amide bonds. The molecule has 0 aliphatic carbocycles. The number of carbonyl (C=O) groups is 1. The van der Waals surface area contributed by atoms with Crippen molar-refractivity contribution in [1.82, 2.24) is 5.32 Å². The van der Waals surface area contributed by atoms with Gasteiger partial charge in [-0.1, -0.05) is 20.8 Å². The molecule has 0 aliphatic rings. The van der Waals surface area contributed by atoms with Crippen molar-refractivity contribution in [3.8, 4) is 0 Å². The zero-order chi connectivity index (χ0) is 12.8. The van der Waals surface area contributed by atoms with Crippen LogP contribution in [0.4, 0.5) is 0 Å². The second-order valence-corrected chi connectivity index (χ2v) is 4.61. The van der Waals surface area contributed by atoms with Crippen molar-refractivity contribution in [2.75, 3.05) is 13.2 Å². The van der Waals surface area contributed by atoms with E-state index >= 15 is 0 Å². The highest BCUT2D eigenvalue weighted by Crippen LogP contribution is 2.10. The number of hydrogen-bond acceptors (Lipinski definition) is 4. The Balaban J connectivity index is 4.31. The maximum Gasteiger partial charge on any atom is 0.222 e. The van der Waals surface area contributed by atoms with E-state index in [-0.39, 0.29) is 37.5 Å². The lowest BCUT2D eigenvalue weighted by Crippen LogP contribution is -2.54. The summed E-state index contributed by atoms with van der Waals surface area (Å²) >= 11 is 0. The normalized spacial score (nSPS) is 13.9. The number of amides is 1. The molecule has 0 spiro atoms. The van der Waals surface area contributed by atoms with Gasteiger partial charge in [-0.2, -0.15) is 0 Å². The summed E-state index contributed by atoms with van der Waals surface area (Å²) < 4.78 is 0. The Morgan fingerprint density at radius 1 is 1.38 bits per heavy atom. The van der Waals surface area contributed by atoms with Gasteiger partial charge < -0.3 is 21.3 Å². The molecule has 0 rings (SSSR count). The highest BCUT2D eigenvalue weighted by Gasteiger charge is 2.29. The molecule has 1 atom stereocenters. The lowest BCUT2D eigenvalue weighted by molar-refractivity contribution is -0.125. The molecule has 0 bridgehead atoms. The number of nitrogens with two attached hydrogens (primary N) is 1. The molecular formula is C11H24N2O3. The molecule has 1 unspecified atom stereocenters. The summed E-state index contributed by atoms with van der Waals surface area (Å²) in [5.41, 5.74) is 4.85. The SMILES string of the molecule is CCC(CO)(CO)NC(=O)CC(N)C(C)C. The minimum atomic E-state index is -0.923. The number of hydrogen-bond donors (Lipinski definition) is 4. The van der Waals surface area contributed by atoms with E-state index in [1.54, 1.807) is 6.92 Å². The maximum atomic E-state index is 11.6. The Bertz CT molecular complexity index is 207. The minimum Gasteiger partial charge on any atom is -0.394 e. The molecule has 0 saturated carbocycles. The fourth-order valence-corrected chi connectivity index (χ4v) is 1.24. The van der Waals surface area contributed by atoms with Crippen LogP contribution in [-0.2, 0) is 4.79 Å². The number of aliphatic hydroxyl groups is 2. The van der Waals surface area contributed by atoms with Crippen molar-refractivity contribution in [1.29, 1.82) is 0 Å². The fraction of sp³-hybridized carbons (Fsp3) is 0.909. The molecule has 0 aliphatic heterocycles. The molecule has 0 aromatic heterocycles. The Labute approximate surface area is 97.0 Å². The van der Waals surface area contributed by atoms with E-state index in [0.29, 0.717) is 6.42 Å². The number of aliphatic hydroxyl groups excluding tert-OH is 2. The summed E-state index contributed by atoms with van der Waals surface area (Å²) in [5.74, 6) is -0.00354. The van der Waals surface area contributed by atoms with Crippen LogP contribution in [0.2, 0.25) is 0 Å². The first-order valence-electron chi connectivity index (χ1n) is 5.69. The Morgan fingerprint density at radius 2 is 1.88 bits per heavy atom. The van der Waals surface area contributed by atoms with Crippen molar-refractivity contribution in [2.24, 2.45) is 11.7 Å². The monoisotopic (exact) mass is 232 g/mol. The predicted octanol–water partition coefficient (Wildman–Crippen LogP) is -0.391. The van der Waals surface area contributed by atoms with Crippen molar-refractivity contribution in [3.63, 3.8) is 0 Å². The van der Waals surface area contributed by atoms with Gasteiger partial charge >= 0.3 is 0 Å². The fourth-order valence-electron chi connectivity index (χ4n) is 1.24. The molecule has 96 valence electrons. The summed E-state index contributed by atoms with van der Waals surface area (Å²) in [6.07, 6.45) is 0.683. The van der Waals surface area contributed by atoms with Crippen LogP contribution in [0.1, 0.15) is 33.6 Å². The second-order valence-electron chi connectivity index (χ2n) is 4.61. The van der Waals surface area contributed by atoms with Gasteiger partial charge in [0.15, 0.2) is 0 Å². The second kappa shape index (κ2) is 6.83. The van der Waals surface area contributed by atoms with E-state index in [0.717, 1.165) is 0 Å². The van der Waals surface area contributed by atoms with Gasteiger partial charge in [0.25, 0.3) is 0 Å². The Kier molecular flexibility index (Phi) is 6.55. The molecule has 0 aromatic carbocycles. The third-order valence-corrected chi connectivity index (χ3v) is 2.96. The molecule has 0 radical (unpaired) electrons. The summed E-state index contributed by atoms with van der Waals surface area (Å²) in [6, 6.07) is -0.202. The minimum absolute atomic E-state index is 0.202. The van der Waals surface area contributed by atoms with Gasteiger partial charge in [-0.05, 0) is 12.3 Å². The first-order chi connectivity index (χ1) is 7.40. The number of carbonyl (C=O) groups excluding carboxylic acids is 1. The maximum absolute atomic E-state index is 11.6. The van der Waals surface area contributed by atoms with Gasteiger partial charge in [0.05, 0.1) is 18.8 Å². The Hall–Kier alpha value is -0.650. The Morgan fingerprint density at radius 3 is 2.19 bits per heavy atom. The molecule has 0 fully saturated rings. The third kappa shape index (κ3) is 4.47. The topological polar surface area (TPSA) is 95.6 Å². The van der Waals surface area contributed by atoms with Crippen LogP contribution in [0.25, 0.3) is 0 Å². The van der Waals surface area contributed by atoms with Crippen molar-refractivity contribution in [2.45, 2.75) is 45.2 Å². The van der Waals surface area contributed by atoms with Gasteiger partial charge in [-0.15, -0.1) is 0 Å². The highest BCUT2D eigenvalue weighted by atomic mass is 16.3. The first kappa shape index (κ1) is 15.3. The van der Waals surface area contributed by atoms with Gasteiger partial charge in [-0.3, -0.25) is 4.79 Å². The molecule has 5 N–H and O–H groups in total. The van der Waals surface area contributed by atoms with Crippen LogP contribution in [0.5, 0.6) is 0 Å². The summed E-state index contributed by atoms with van der Waals surface area (Å²) in [6.45, 7) is 5.15. The van der Waals surface area contributed by atoms with Crippen LogP contribution in [-0.4, -0.2) is 40.9 Å². The predicted molar refractivity (Wildman–Crippen MR) is 62.8 cm³/mol. The molecule has 16 heavy (non-hydrogen) atoms. The van der Waals surface area contributed by atoms with E-state index in [1.807, 2.05) is 13.8 Å². The van der Waals surface area contributed by atoms with E-state index in [2.05, 4.69) is 5.32 Å². The average molecular weight is 232 g/mol. The van der Waals surface area contributed by atoms with Crippen LogP contribution in [0, 0.1) is 5.92 Å². The molecule has 0 saturated heterocycles. The quantitative estimate of drug-likeness (QED) is 0.481. The van der Waals surface area contributed by atoms with Crippen LogP contribution in [0.3, 0.4) is 0 Å². The van der Waals surface area contributed by atoms with Crippen molar-refractivity contribution >= 4 is 5.91 Å². The van der Waals surface area contributed by atoms with Crippen LogP contribution in [0.15, 0.2) is 0 Å². The third-order valence-electron chi connectivity index (χ3n) is 2.96. The van der Waals surface area contributed by atoms with Gasteiger partial charge in [0.2, 0.25) is 5.91 Å².